The highest BCUT2D eigenvalue weighted by molar-refractivity contribution is 4.61. The molecule has 1 aliphatic heterocycles. The topological polar surface area (TPSA) is 18.5 Å². The molecule has 0 amide bonds. The van der Waals surface area contributed by atoms with Gasteiger partial charge in [0.1, 0.15) is 0 Å². The van der Waals surface area contributed by atoms with Gasteiger partial charge in [0.25, 0.3) is 0 Å². The van der Waals surface area contributed by atoms with Gasteiger partial charge in [0, 0.05) is 12.5 Å². The van der Waals surface area contributed by atoms with E-state index in [1.807, 2.05) is 0 Å². The lowest BCUT2D eigenvalue weighted by Crippen LogP contribution is -2.26. The molecule has 1 heterocycles. The summed E-state index contributed by atoms with van der Waals surface area (Å²) in [6, 6.07) is 0. The Balaban J connectivity index is 2.14. The Hall–Kier alpha value is -0.150. The van der Waals surface area contributed by atoms with Crippen molar-refractivity contribution < 1.29 is 13.9 Å². The minimum absolute atomic E-state index is 0.0375. The molecule has 3 heteroatoms. The number of hydrogen-bond donors (Lipinski definition) is 0. The van der Waals surface area contributed by atoms with Crippen molar-refractivity contribution in [1.82, 2.24) is 0 Å². The molecule has 15 heavy (non-hydrogen) atoms. The molecule has 90 valence electrons. The molecular formula is C12H23FO2. The summed E-state index contributed by atoms with van der Waals surface area (Å²) in [4.78, 5) is 0. The lowest BCUT2D eigenvalue weighted by molar-refractivity contribution is -0.170. The van der Waals surface area contributed by atoms with Crippen molar-refractivity contribution in [3.63, 3.8) is 0 Å². The minimum atomic E-state index is -0.287. The molecule has 0 radical (unpaired) electrons. The first-order chi connectivity index (χ1) is 7.22. The maximum atomic E-state index is 12.7. The molecule has 0 aromatic heterocycles. The molecule has 0 saturated carbocycles. The van der Waals surface area contributed by atoms with Gasteiger partial charge >= 0.3 is 0 Å². The van der Waals surface area contributed by atoms with Crippen molar-refractivity contribution in [2.75, 3.05) is 19.9 Å². The Labute approximate surface area is 92.1 Å². The summed E-state index contributed by atoms with van der Waals surface area (Å²) in [7, 11) is 0. The van der Waals surface area contributed by atoms with Gasteiger partial charge in [0.2, 0.25) is 0 Å². The van der Waals surface area contributed by atoms with Crippen LogP contribution in [0.15, 0.2) is 0 Å². The lowest BCUT2D eigenvalue weighted by atomic mass is 9.99. The van der Waals surface area contributed by atoms with Crippen LogP contribution in [-0.4, -0.2) is 26.2 Å². The van der Waals surface area contributed by atoms with E-state index in [1.54, 1.807) is 0 Å². The van der Waals surface area contributed by atoms with Gasteiger partial charge in [0.15, 0.2) is 6.29 Å². The van der Waals surface area contributed by atoms with Gasteiger partial charge in [-0.2, -0.15) is 0 Å². The number of ether oxygens (including phenoxy) is 2. The maximum Gasteiger partial charge on any atom is 0.157 e. The summed E-state index contributed by atoms with van der Waals surface area (Å²) < 4.78 is 23.7. The Bertz CT molecular complexity index is 156. The Kier molecular flexibility index (Phi) is 6.18. The van der Waals surface area contributed by atoms with E-state index in [0.717, 1.165) is 32.3 Å². The lowest BCUT2D eigenvalue weighted by Gasteiger charge is -2.25. The Morgan fingerprint density at radius 2 is 2.20 bits per heavy atom. The first kappa shape index (κ1) is 12.9. The van der Waals surface area contributed by atoms with Gasteiger partial charge in [-0.3, -0.25) is 4.39 Å². The largest absolute Gasteiger partial charge is 0.353 e. The highest BCUT2D eigenvalue weighted by atomic mass is 19.1. The summed E-state index contributed by atoms with van der Waals surface area (Å²) in [5.74, 6) is 0.567. The van der Waals surface area contributed by atoms with Gasteiger partial charge in [0.05, 0.1) is 13.3 Å². The summed E-state index contributed by atoms with van der Waals surface area (Å²) >= 11 is 0. The van der Waals surface area contributed by atoms with Crippen LogP contribution in [0.1, 0.15) is 39.5 Å². The molecule has 2 atom stereocenters. The molecule has 0 bridgehead atoms. The van der Waals surface area contributed by atoms with Crippen molar-refractivity contribution in [3.05, 3.63) is 0 Å². The van der Waals surface area contributed by atoms with Crippen molar-refractivity contribution in [3.8, 4) is 0 Å². The maximum absolute atomic E-state index is 12.7. The third-order valence-electron chi connectivity index (χ3n) is 2.68. The zero-order chi connectivity index (χ0) is 11.1. The minimum Gasteiger partial charge on any atom is -0.353 e. The predicted octanol–water partition coefficient (Wildman–Crippen LogP) is 3.16. The normalized spacial score (nSPS) is 24.4. The molecule has 0 spiro atoms. The van der Waals surface area contributed by atoms with E-state index in [-0.39, 0.29) is 18.9 Å². The second-order valence-electron chi connectivity index (χ2n) is 4.78. The third kappa shape index (κ3) is 5.47. The number of hydrogen-bond acceptors (Lipinski definition) is 2. The molecule has 1 rings (SSSR count). The van der Waals surface area contributed by atoms with E-state index >= 15 is 0 Å². The van der Waals surface area contributed by atoms with Gasteiger partial charge < -0.3 is 9.47 Å². The number of rotatable bonds is 6. The molecular weight excluding hydrogens is 195 g/mol. The summed E-state index contributed by atoms with van der Waals surface area (Å²) in [6.07, 6.45) is 4.05. The van der Waals surface area contributed by atoms with Crippen LogP contribution >= 0.6 is 0 Å². The molecule has 1 fully saturated rings. The average molecular weight is 218 g/mol. The monoisotopic (exact) mass is 218 g/mol. The second kappa shape index (κ2) is 7.18. The van der Waals surface area contributed by atoms with E-state index in [4.69, 9.17) is 9.47 Å². The molecule has 0 aromatic rings. The van der Waals surface area contributed by atoms with E-state index in [9.17, 15) is 4.39 Å². The van der Waals surface area contributed by atoms with Crippen LogP contribution in [0.3, 0.4) is 0 Å². The first-order valence-electron chi connectivity index (χ1n) is 6.01. The van der Waals surface area contributed by atoms with E-state index in [0.29, 0.717) is 12.5 Å². The van der Waals surface area contributed by atoms with Crippen LogP contribution in [0.5, 0.6) is 0 Å². The molecule has 0 N–H and O–H groups in total. The fraction of sp³-hybridized carbons (Fsp3) is 1.00. The van der Waals surface area contributed by atoms with Gasteiger partial charge in [-0.15, -0.1) is 0 Å². The predicted molar refractivity (Wildman–Crippen MR) is 58.5 cm³/mol. The van der Waals surface area contributed by atoms with Gasteiger partial charge in [-0.1, -0.05) is 13.8 Å². The van der Waals surface area contributed by atoms with Crippen molar-refractivity contribution in [2.24, 2.45) is 11.8 Å². The van der Waals surface area contributed by atoms with Gasteiger partial charge in [-0.05, 0) is 31.6 Å². The SMILES string of the molecule is CC(C)CC(CF)COC1CCCCO1. The quantitative estimate of drug-likeness (QED) is 0.681. The molecule has 1 aliphatic rings. The van der Waals surface area contributed by atoms with Crippen molar-refractivity contribution in [2.45, 2.75) is 45.8 Å². The Morgan fingerprint density at radius 1 is 1.40 bits per heavy atom. The van der Waals surface area contributed by atoms with Crippen LogP contribution in [0.4, 0.5) is 4.39 Å². The smallest absolute Gasteiger partial charge is 0.157 e. The zero-order valence-corrected chi connectivity index (χ0v) is 9.88. The fourth-order valence-corrected chi connectivity index (χ4v) is 1.93. The van der Waals surface area contributed by atoms with Crippen molar-refractivity contribution >= 4 is 0 Å². The fourth-order valence-electron chi connectivity index (χ4n) is 1.93. The molecule has 0 aliphatic carbocycles. The average Bonchev–Trinajstić information content (AvgIpc) is 2.25. The van der Waals surface area contributed by atoms with Crippen LogP contribution in [0.25, 0.3) is 0 Å². The summed E-state index contributed by atoms with van der Waals surface area (Å²) in [5, 5.41) is 0. The number of alkyl halides is 1. The standard InChI is InChI=1S/C12H23FO2/c1-10(2)7-11(8-13)9-15-12-5-3-4-6-14-12/h10-12H,3-9H2,1-2H3. The summed E-state index contributed by atoms with van der Waals surface area (Å²) in [5.41, 5.74) is 0. The second-order valence-corrected chi connectivity index (χ2v) is 4.78. The highest BCUT2D eigenvalue weighted by Gasteiger charge is 2.17. The molecule has 2 nitrogen and oxygen atoms in total. The van der Waals surface area contributed by atoms with Crippen molar-refractivity contribution in [1.29, 1.82) is 0 Å². The molecule has 1 saturated heterocycles. The first-order valence-corrected chi connectivity index (χ1v) is 6.01. The van der Waals surface area contributed by atoms with E-state index in [2.05, 4.69) is 13.8 Å². The van der Waals surface area contributed by atoms with Gasteiger partial charge in [-0.25, -0.2) is 0 Å². The van der Waals surface area contributed by atoms with Crippen LogP contribution in [0, 0.1) is 11.8 Å². The summed E-state index contributed by atoms with van der Waals surface area (Å²) in [6.45, 7) is 5.22. The van der Waals surface area contributed by atoms with E-state index in [1.165, 1.54) is 0 Å². The van der Waals surface area contributed by atoms with Crippen LogP contribution in [-0.2, 0) is 9.47 Å². The molecule has 0 aromatic carbocycles. The van der Waals surface area contributed by atoms with Crippen LogP contribution < -0.4 is 0 Å². The van der Waals surface area contributed by atoms with Crippen LogP contribution in [0.2, 0.25) is 0 Å². The van der Waals surface area contributed by atoms with E-state index < -0.39 is 0 Å². The zero-order valence-electron chi connectivity index (χ0n) is 9.88. The molecule has 2 unspecified atom stereocenters. The number of halogens is 1. The highest BCUT2D eigenvalue weighted by Crippen LogP contribution is 2.17. The third-order valence-corrected chi connectivity index (χ3v) is 2.68. The Morgan fingerprint density at radius 3 is 2.73 bits per heavy atom.